The molecule has 0 aliphatic heterocycles. The van der Waals surface area contributed by atoms with Gasteiger partial charge in [0, 0.05) is 25.7 Å². The summed E-state index contributed by atoms with van der Waals surface area (Å²) >= 11 is 0. The van der Waals surface area contributed by atoms with Gasteiger partial charge in [0.1, 0.15) is 19.3 Å². The highest BCUT2D eigenvalue weighted by Crippen LogP contribution is 2.45. The maximum absolute atomic E-state index is 13.1. The van der Waals surface area contributed by atoms with Gasteiger partial charge >= 0.3 is 39.5 Å². The maximum Gasteiger partial charge on any atom is 0.472 e. The second-order valence-corrected chi connectivity index (χ2v) is 28.8. The number of aliphatic hydroxyl groups excluding tert-OH is 1. The highest BCUT2D eigenvalue weighted by molar-refractivity contribution is 7.47. The molecule has 98 heavy (non-hydrogen) atoms. The third-order valence-electron chi connectivity index (χ3n) is 16.3. The van der Waals surface area contributed by atoms with Gasteiger partial charge in [0.2, 0.25) is 0 Å². The first-order valence-corrected chi connectivity index (χ1v) is 41.8. The maximum atomic E-state index is 13.1. The van der Waals surface area contributed by atoms with E-state index in [1.165, 1.54) is 103 Å². The Morgan fingerprint density at radius 1 is 0.296 bits per heavy atom. The largest absolute Gasteiger partial charge is 0.472 e. The van der Waals surface area contributed by atoms with Gasteiger partial charge in [-0.3, -0.25) is 37.3 Å². The van der Waals surface area contributed by atoms with E-state index < -0.39 is 97.5 Å². The van der Waals surface area contributed by atoms with Crippen LogP contribution in [0.25, 0.3) is 0 Å². The Balaban J connectivity index is 5.32. The van der Waals surface area contributed by atoms with Crippen LogP contribution >= 0.6 is 15.6 Å². The minimum Gasteiger partial charge on any atom is -0.462 e. The first-order chi connectivity index (χ1) is 47.7. The SMILES string of the molecule is CC/C=C\C/C=C\C/C=C\C/C=C\C/C=C\CCCCCC(=O)OCC(COP(=O)(O)OCC(O)COP(=O)(O)OCC(COC(=O)CCCCCCC/C=C\CCCCCCCC)OC(=O)CCCCCCCCCCCCCCC)OC(=O)CCCCCCC/C=C\CCCC. The van der Waals surface area contributed by atoms with Gasteiger partial charge < -0.3 is 33.8 Å². The standard InChI is InChI=1S/C79H140O17P2/c1-5-9-13-17-21-25-29-32-34-35-36-37-39-42-45-48-52-56-60-64-77(82)89-69-74(95-78(83)65-61-57-53-49-43-28-24-20-16-12-8-4)71-93-97(85,86)91-67-73(80)68-92-98(87,88)94-72-75(96-79(84)66-62-58-54-50-46-40-31-27-23-19-15-11-7-3)70-90-76(81)63-59-55-51-47-44-41-38-33-30-26-22-18-14-10-6-2/h9,13,20-21,24-25,32-34,36-38,42,45,73-75,80H,5-8,10-12,14-19,22-23,26-31,35,39-41,43-44,46-72H2,1-4H3,(H,85,86)(H,87,88)/b13-9-,24-20-,25-21-,34-32-,37-36-,38-33-,45-42-. The Labute approximate surface area is 595 Å². The summed E-state index contributed by atoms with van der Waals surface area (Å²) in [6, 6.07) is 0. The van der Waals surface area contributed by atoms with Crippen molar-refractivity contribution in [3.05, 3.63) is 85.1 Å². The van der Waals surface area contributed by atoms with Gasteiger partial charge in [-0.15, -0.1) is 0 Å². The van der Waals surface area contributed by atoms with Crippen LogP contribution in [0, 0.1) is 0 Å². The normalized spacial score (nSPS) is 14.4. The molecule has 0 aliphatic carbocycles. The number of hydrogen-bond acceptors (Lipinski definition) is 15. The van der Waals surface area contributed by atoms with Crippen molar-refractivity contribution < 1.29 is 80.2 Å². The van der Waals surface area contributed by atoms with E-state index in [0.717, 1.165) is 154 Å². The monoisotopic (exact) mass is 1420 g/mol. The van der Waals surface area contributed by atoms with Crippen molar-refractivity contribution in [2.75, 3.05) is 39.6 Å². The van der Waals surface area contributed by atoms with Gasteiger partial charge in [0.25, 0.3) is 0 Å². The van der Waals surface area contributed by atoms with E-state index in [2.05, 4.69) is 113 Å². The molecule has 0 bridgehead atoms. The molecule has 0 fully saturated rings. The molecule has 0 spiro atoms. The Hall–Kier alpha value is -3.76. The summed E-state index contributed by atoms with van der Waals surface area (Å²) < 4.78 is 68.4. The van der Waals surface area contributed by atoms with Crippen LogP contribution < -0.4 is 0 Å². The quantitative estimate of drug-likeness (QED) is 0.0169. The number of phosphoric ester groups is 2. The number of unbranched alkanes of at least 4 members (excludes halogenated alkanes) is 33. The molecule has 0 aromatic carbocycles. The first-order valence-electron chi connectivity index (χ1n) is 38.8. The van der Waals surface area contributed by atoms with E-state index in [4.69, 9.17) is 37.0 Å². The molecule has 568 valence electrons. The fourth-order valence-corrected chi connectivity index (χ4v) is 12.0. The molecule has 0 saturated carbocycles. The molecule has 3 N–H and O–H groups in total. The summed E-state index contributed by atoms with van der Waals surface area (Å²) in [4.78, 5) is 72.8. The van der Waals surface area contributed by atoms with E-state index in [9.17, 15) is 43.2 Å². The van der Waals surface area contributed by atoms with Crippen molar-refractivity contribution in [3.8, 4) is 0 Å². The number of ether oxygens (including phenoxy) is 4. The van der Waals surface area contributed by atoms with Gasteiger partial charge in [0.05, 0.1) is 26.4 Å². The zero-order valence-electron chi connectivity index (χ0n) is 62.0. The fourth-order valence-electron chi connectivity index (χ4n) is 10.4. The van der Waals surface area contributed by atoms with Gasteiger partial charge in [-0.1, -0.05) is 280 Å². The van der Waals surface area contributed by atoms with Crippen LogP contribution in [-0.2, 0) is 65.4 Å². The number of hydrogen-bond donors (Lipinski definition) is 3. The number of esters is 4. The van der Waals surface area contributed by atoms with Gasteiger partial charge in [-0.2, -0.15) is 0 Å². The van der Waals surface area contributed by atoms with Crippen molar-refractivity contribution in [1.29, 1.82) is 0 Å². The summed E-state index contributed by atoms with van der Waals surface area (Å²) in [5.74, 6) is -2.21. The molecule has 0 aromatic heterocycles. The summed E-state index contributed by atoms with van der Waals surface area (Å²) in [7, 11) is -9.95. The molecular formula is C79H140O17P2. The Morgan fingerprint density at radius 2 is 0.541 bits per heavy atom. The van der Waals surface area contributed by atoms with E-state index in [-0.39, 0.29) is 25.7 Å². The predicted molar refractivity (Wildman–Crippen MR) is 399 cm³/mol. The van der Waals surface area contributed by atoms with Crippen molar-refractivity contribution in [2.45, 2.75) is 354 Å². The Morgan fingerprint density at radius 3 is 0.867 bits per heavy atom. The van der Waals surface area contributed by atoms with E-state index >= 15 is 0 Å². The number of carbonyl (C=O) groups excluding carboxylic acids is 4. The molecule has 0 saturated heterocycles. The number of allylic oxidation sites excluding steroid dienone is 14. The van der Waals surface area contributed by atoms with Gasteiger partial charge in [0.15, 0.2) is 12.2 Å². The fraction of sp³-hybridized carbons (Fsp3) is 0.772. The lowest BCUT2D eigenvalue weighted by molar-refractivity contribution is -0.161. The molecule has 17 nitrogen and oxygen atoms in total. The average molecular weight is 1420 g/mol. The molecule has 0 radical (unpaired) electrons. The molecule has 0 aliphatic rings. The Bertz CT molecular complexity index is 2190. The number of aliphatic hydroxyl groups is 1. The van der Waals surface area contributed by atoms with Crippen LogP contribution in [0.5, 0.6) is 0 Å². The van der Waals surface area contributed by atoms with Gasteiger partial charge in [-0.05, 0) is 116 Å². The number of rotatable bonds is 73. The lowest BCUT2D eigenvalue weighted by atomic mass is 10.0. The summed E-state index contributed by atoms with van der Waals surface area (Å²) in [6.45, 7) is 4.69. The molecular weight excluding hydrogens is 1280 g/mol. The smallest absolute Gasteiger partial charge is 0.462 e. The topological polar surface area (TPSA) is 237 Å². The molecule has 0 aromatic rings. The van der Waals surface area contributed by atoms with E-state index in [1.807, 2.05) is 0 Å². The number of phosphoric acid groups is 2. The second-order valence-electron chi connectivity index (χ2n) is 25.9. The molecule has 0 amide bonds. The van der Waals surface area contributed by atoms with Crippen LogP contribution in [0.1, 0.15) is 336 Å². The second kappa shape index (κ2) is 71.6. The molecule has 19 heteroatoms. The van der Waals surface area contributed by atoms with Crippen molar-refractivity contribution in [2.24, 2.45) is 0 Å². The molecule has 0 rings (SSSR count). The zero-order valence-corrected chi connectivity index (χ0v) is 63.7. The third-order valence-corrected chi connectivity index (χ3v) is 18.2. The lowest BCUT2D eigenvalue weighted by Gasteiger charge is -2.21. The summed E-state index contributed by atoms with van der Waals surface area (Å²) in [6.07, 6.45) is 72.9. The molecule has 5 unspecified atom stereocenters. The van der Waals surface area contributed by atoms with E-state index in [1.54, 1.807) is 0 Å². The third kappa shape index (κ3) is 70.7. The summed E-state index contributed by atoms with van der Waals surface area (Å²) in [5.41, 5.74) is 0. The summed E-state index contributed by atoms with van der Waals surface area (Å²) in [5, 5.41) is 10.6. The van der Waals surface area contributed by atoms with Gasteiger partial charge in [-0.25, -0.2) is 9.13 Å². The van der Waals surface area contributed by atoms with Crippen molar-refractivity contribution in [1.82, 2.24) is 0 Å². The van der Waals surface area contributed by atoms with Crippen LogP contribution in [-0.4, -0.2) is 96.7 Å². The number of carbonyl (C=O) groups is 4. The highest BCUT2D eigenvalue weighted by atomic mass is 31.2. The highest BCUT2D eigenvalue weighted by Gasteiger charge is 2.30. The van der Waals surface area contributed by atoms with Crippen molar-refractivity contribution in [3.63, 3.8) is 0 Å². The Kier molecular flexibility index (Phi) is 68.9. The predicted octanol–water partition coefficient (Wildman–Crippen LogP) is 22.2. The average Bonchev–Trinajstić information content (AvgIpc) is 1.00. The zero-order chi connectivity index (χ0) is 71.8. The van der Waals surface area contributed by atoms with E-state index in [0.29, 0.717) is 25.7 Å². The van der Waals surface area contributed by atoms with Crippen LogP contribution in [0.2, 0.25) is 0 Å². The van der Waals surface area contributed by atoms with Crippen LogP contribution in [0.15, 0.2) is 85.1 Å². The van der Waals surface area contributed by atoms with Crippen molar-refractivity contribution >= 4 is 39.5 Å². The molecule has 5 atom stereocenters. The van der Waals surface area contributed by atoms with Crippen LogP contribution in [0.4, 0.5) is 0 Å². The molecule has 0 heterocycles. The lowest BCUT2D eigenvalue weighted by Crippen LogP contribution is -2.30. The minimum atomic E-state index is -4.98. The van der Waals surface area contributed by atoms with Crippen LogP contribution in [0.3, 0.4) is 0 Å². The minimum absolute atomic E-state index is 0.0776. The first kappa shape index (κ1) is 94.2.